The number of rotatable bonds is 4. The molecule has 2 aromatic heterocycles. The molecule has 0 saturated carbocycles. The molecule has 1 N–H and O–H groups in total. The van der Waals surface area contributed by atoms with Crippen LogP contribution in [0.4, 0.5) is 0 Å². The lowest BCUT2D eigenvalue weighted by atomic mass is 10.1. The second-order valence-corrected chi connectivity index (χ2v) is 4.96. The fourth-order valence-electron chi connectivity index (χ4n) is 2.06. The number of esters is 1. The Labute approximate surface area is 112 Å². The first kappa shape index (κ1) is 13.5. The van der Waals surface area contributed by atoms with E-state index < -0.39 is 0 Å². The van der Waals surface area contributed by atoms with Crippen molar-refractivity contribution in [2.45, 2.75) is 20.3 Å². The van der Waals surface area contributed by atoms with Gasteiger partial charge in [-0.3, -0.25) is 4.79 Å². The first-order valence-electron chi connectivity index (χ1n) is 6.27. The Hall–Kier alpha value is -1.88. The van der Waals surface area contributed by atoms with Gasteiger partial charge in [-0.1, -0.05) is 0 Å². The molecule has 19 heavy (non-hydrogen) atoms. The number of nitrogens with zero attached hydrogens (tertiary/aromatic N) is 2. The minimum atomic E-state index is -0.350. The zero-order valence-corrected chi connectivity index (χ0v) is 11.8. The van der Waals surface area contributed by atoms with E-state index in [0.29, 0.717) is 5.88 Å². The second-order valence-electron chi connectivity index (χ2n) is 4.96. The van der Waals surface area contributed by atoms with Crippen LogP contribution >= 0.6 is 0 Å². The maximum absolute atomic E-state index is 11.2. The fourth-order valence-corrected chi connectivity index (χ4v) is 2.06. The molecule has 0 atom stereocenters. The SMILES string of the molecule is CC(=O)Oc1ncc(C)c2[nH]cc(CCN(C)C)c12. The lowest BCUT2D eigenvalue weighted by Crippen LogP contribution is -2.15. The summed E-state index contributed by atoms with van der Waals surface area (Å²) in [5.74, 6) is 0.0421. The number of carbonyl (C=O) groups excluding carboxylic acids is 1. The molecule has 0 aromatic carbocycles. The van der Waals surface area contributed by atoms with Gasteiger partial charge in [0.15, 0.2) is 0 Å². The number of ether oxygens (including phenoxy) is 1. The fraction of sp³-hybridized carbons (Fsp3) is 0.429. The van der Waals surface area contributed by atoms with Crippen LogP contribution in [0.3, 0.4) is 0 Å². The Balaban J connectivity index is 2.47. The number of aromatic nitrogens is 2. The largest absolute Gasteiger partial charge is 0.407 e. The van der Waals surface area contributed by atoms with Gasteiger partial charge in [-0.2, -0.15) is 0 Å². The molecule has 0 aliphatic rings. The summed E-state index contributed by atoms with van der Waals surface area (Å²) >= 11 is 0. The van der Waals surface area contributed by atoms with Crippen LogP contribution in [-0.4, -0.2) is 41.5 Å². The first-order chi connectivity index (χ1) is 8.99. The lowest BCUT2D eigenvalue weighted by Gasteiger charge is -2.09. The number of hydrogen-bond acceptors (Lipinski definition) is 4. The van der Waals surface area contributed by atoms with E-state index in [0.717, 1.165) is 35.0 Å². The van der Waals surface area contributed by atoms with Crippen molar-refractivity contribution in [3.05, 3.63) is 23.5 Å². The molecule has 0 bridgehead atoms. The summed E-state index contributed by atoms with van der Waals surface area (Å²) in [7, 11) is 4.07. The van der Waals surface area contributed by atoms with Crippen molar-refractivity contribution in [3.63, 3.8) is 0 Å². The van der Waals surface area contributed by atoms with E-state index in [2.05, 4.69) is 14.9 Å². The van der Waals surface area contributed by atoms with Crippen LogP contribution in [-0.2, 0) is 11.2 Å². The number of fused-ring (bicyclic) bond motifs is 1. The summed E-state index contributed by atoms with van der Waals surface area (Å²) in [4.78, 5) is 20.8. The van der Waals surface area contributed by atoms with Crippen LogP contribution < -0.4 is 4.74 Å². The Morgan fingerprint density at radius 3 is 2.84 bits per heavy atom. The smallest absolute Gasteiger partial charge is 0.309 e. The number of likely N-dealkylation sites (N-methyl/N-ethyl adjacent to an activating group) is 1. The van der Waals surface area contributed by atoms with Crippen molar-refractivity contribution in [2.24, 2.45) is 0 Å². The van der Waals surface area contributed by atoms with Crippen molar-refractivity contribution < 1.29 is 9.53 Å². The molecule has 5 heteroatoms. The van der Waals surface area contributed by atoms with E-state index in [-0.39, 0.29) is 5.97 Å². The van der Waals surface area contributed by atoms with E-state index in [1.807, 2.05) is 27.2 Å². The maximum atomic E-state index is 11.2. The highest BCUT2D eigenvalue weighted by Gasteiger charge is 2.14. The molecule has 2 heterocycles. The highest BCUT2D eigenvalue weighted by Crippen LogP contribution is 2.29. The molecular weight excluding hydrogens is 242 g/mol. The third kappa shape index (κ3) is 2.93. The van der Waals surface area contributed by atoms with Gasteiger partial charge in [0.25, 0.3) is 0 Å². The molecule has 0 fully saturated rings. The number of nitrogens with one attached hydrogen (secondary N) is 1. The van der Waals surface area contributed by atoms with Gasteiger partial charge in [-0.25, -0.2) is 4.98 Å². The van der Waals surface area contributed by atoms with Gasteiger partial charge in [-0.05, 0) is 38.6 Å². The summed E-state index contributed by atoms with van der Waals surface area (Å²) in [5, 5.41) is 0.914. The highest BCUT2D eigenvalue weighted by molar-refractivity contribution is 5.91. The monoisotopic (exact) mass is 261 g/mol. The van der Waals surface area contributed by atoms with Gasteiger partial charge in [0, 0.05) is 25.9 Å². The lowest BCUT2D eigenvalue weighted by molar-refractivity contribution is -0.132. The van der Waals surface area contributed by atoms with Gasteiger partial charge in [0.05, 0.1) is 10.9 Å². The summed E-state index contributed by atoms with van der Waals surface area (Å²) in [6.07, 6.45) is 4.56. The van der Waals surface area contributed by atoms with Crippen LogP contribution in [0.25, 0.3) is 10.9 Å². The Morgan fingerprint density at radius 1 is 1.47 bits per heavy atom. The molecule has 0 saturated heterocycles. The van der Waals surface area contributed by atoms with Gasteiger partial charge in [-0.15, -0.1) is 0 Å². The zero-order chi connectivity index (χ0) is 14.0. The zero-order valence-electron chi connectivity index (χ0n) is 11.8. The number of carbonyl (C=O) groups is 1. The van der Waals surface area contributed by atoms with E-state index in [1.54, 1.807) is 6.20 Å². The molecule has 5 nitrogen and oxygen atoms in total. The highest BCUT2D eigenvalue weighted by atomic mass is 16.5. The number of pyridine rings is 1. The third-order valence-electron chi connectivity index (χ3n) is 3.01. The molecule has 0 radical (unpaired) electrons. The standard InChI is InChI=1S/C14H19N3O2/c1-9-7-16-14(19-10(2)18)12-11(5-6-17(3)4)8-15-13(9)12/h7-8,15H,5-6H2,1-4H3. The number of aromatic amines is 1. The topological polar surface area (TPSA) is 58.2 Å². The number of aryl methyl sites for hydroxylation is 1. The van der Waals surface area contributed by atoms with Crippen LogP contribution in [0.15, 0.2) is 12.4 Å². The van der Waals surface area contributed by atoms with E-state index in [1.165, 1.54) is 6.92 Å². The van der Waals surface area contributed by atoms with E-state index in [9.17, 15) is 4.79 Å². The van der Waals surface area contributed by atoms with Crippen molar-refractivity contribution in [3.8, 4) is 5.88 Å². The van der Waals surface area contributed by atoms with Crippen LogP contribution in [0, 0.1) is 6.92 Å². The molecule has 0 aliphatic heterocycles. The van der Waals surface area contributed by atoms with Crippen LogP contribution in [0.5, 0.6) is 5.88 Å². The molecule has 102 valence electrons. The Morgan fingerprint density at radius 2 is 2.21 bits per heavy atom. The van der Waals surface area contributed by atoms with Gasteiger partial charge in [0.2, 0.25) is 5.88 Å². The van der Waals surface area contributed by atoms with Crippen LogP contribution in [0.2, 0.25) is 0 Å². The number of hydrogen-bond donors (Lipinski definition) is 1. The molecule has 0 spiro atoms. The molecule has 2 aromatic rings. The first-order valence-corrected chi connectivity index (χ1v) is 6.27. The molecule has 2 rings (SSSR count). The van der Waals surface area contributed by atoms with Gasteiger partial charge >= 0.3 is 5.97 Å². The predicted octanol–water partition coefficient (Wildman–Crippen LogP) is 1.90. The average molecular weight is 261 g/mol. The quantitative estimate of drug-likeness (QED) is 0.854. The van der Waals surface area contributed by atoms with Crippen molar-refractivity contribution in [2.75, 3.05) is 20.6 Å². The Bertz CT molecular complexity index is 602. The minimum Gasteiger partial charge on any atom is -0.407 e. The van der Waals surface area contributed by atoms with Crippen LogP contribution in [0.1, 0.15) is 18.1 Å². The predicted molar refractivity (Wildman–Crippen MR) is 74.4 cm³/mol. The number of H-pyrrole nitrogens is 1. The second kappa shape index (κ2) is 5.40. The van der Waals surface area contributed by atoms with Crippen molar-refractivity contribution in [1.29, 1.82) is 0 Å². The molecule has 0 amide bonds. The average Bonchev–Trinajstić information content (AvgIpc) is 2.74. The van der Waals surface area contributed by atoms with E-state index in [4.69, 9.17) is 4.74 Å². The molecular formula is C14H19N3O2. The van der Waals surface area contributed by atoms with E-state index >= 15 is 0 Å². The third-order valence-corrected chi connectivity index (χ3v) is 3.01. The normalized spacial score (nSPS) is 11.2. The minimum absolute atomic E-state index is 0.350. The summed E-state index contributed by atoms with van der Waals surface area (Å²) in [5.41, 5.74) is 3.15. The maximum Gasteiger partial charge on any atom is 0.309 e. The molecule has 0 unspecified atom stereocenters. The summed E-state index contributed by atoms with van der Waals surface area (Å²) < 4.78 is 5.20. The van der Waals surface area contributed by atoms with Crippen molar-refractivity contribution in [1.82, 2.24) is 14.9 Å². The van der Waals surface area contributed by atoms with Crippen molar-refractivity contribution >= 4 is 16.9 Å². The summed E-state index contributed by atoms with van der Waals surface area (Å²) in [6, 6.07) is 0. The molecule has 0 aliphatic carbocycles. The Kier molecular flexibility index (Phi) is 3.85. The van der Waals surface area contributed by atoms with Gasteiger partial charge < -0.3 is 14.6 Å². The van der Waals surface area contributed by atoms with Gasteiger partial charge in [0.1, 0.15) is 0 Å². The summed E-state index contributed by atoms with van der Waals surface area (Å²) in [6.45, 7) is 4.30.